The van der Waals surface area contributed by atoms with Crippen LogP contribution in [0.1, 0.15) is 126 Å². The van der Waals surface area contributed by atoms with Gasteiger partial charge < -0.3 is 58.7 Å². The van der Waals surface area contributed by atoms with E-state index in [0.717, 1.165) is 62.7 Å². The number of benzene rings is 8. The van der Waals surface area contributed by atoms with Gasteiger partial charge in [0.15, 0.2) is 16.3 Å². The lowest BCUT2D eigenvalue weighted by molar-refractivity contribution is -0.143. The number of esters is 2. The number of H-pyrrole nitrogens is 1. The van der Waals surface area contributed by atoms with Crippen LogP contribution in [-0.4, -0.2) is 122 Å². The summed E-state index contributed by atoms with van der Waals surface area (Å²) in [6.45, 7) is 20.7. The highest BCUT2D eigenvalue weighted by molar-refractivity contribution is 14.1. The highest BCUT2D eigenvalue weighted by atomic mass is 127. The Balaban J connectivity index is 0.000000198. The topological polar surface area (TPSA) is 229 Å². The number of aromatic carboxylic acids is 1. The third-order valence-corrected chi connectivity index (χ3v) is 22.3. The summed E-state index contributed by atoms with van der Waals surface area (Å²) in [5.41, 5.74) is 12.6. The number of pyridine rings is 3. The van der Waals surface area contributed by atoms with Gasteiger partial charge in [-0.05, 0) is 157 Å². The molecule has 19 nitrogen and oxygen atoms in total. The highest BCUT2D eigenvalue weighted by Crippen LogP contribution is 2.42. The summed E-state index contributed by atoms with van der Waals surface area (Å²) >= 11 is 41.7. The van der Waals surface area contributed by atoms with Gasteiger partial charge in [0.2, 0.25) is 0 Å². The molecule has 8 aromatic carbocycles. The van der Waals surface area contributed by atoms with Crippen molar-refractivity contribution in [1.82, 2.24) is 14.1 Å². The van der Waals surface area contributed by atoms with Crippen LogP contribution in [0.15, 0.2) is 135 Å². The molecule has 3 heterocycles. The van der Waals surface area contributed by atoms with Gasteiger partial charge >= 0.3 is 23.9 Å². The summed E-state index contributed by atoms with van der Waals surface area (Å²) in [7, 11) is 15.0. The van der Waals surface area contributed by atoms with Crippen LogP contribution in [0.2, 0.25) is 20.1 Å². The molecule has 0 aliphatic heterocycles. The van der Waals surface area contributed by atoms with Crippen molar-refractivity contribution in [2.75, 3.05) is 98.9 Å². The van der Waals surface area contributed by atoms with E-state index in [4.69, 9.17) is 51.1 Å². The number of hydrogen-bond donors (Lipinski definition) is 4. The lowest BCUT2D eigenvalue weighted by Crippen LogP contribution is -2.21. The van der Waals surface area contributed by atoms with Crippen LogP contribution in [0, 0.1) is 0 Å². The molecule has 11 rings (SSSR count). The van der Waals surface area contributed by atoms with E-state index < -0.39 is 11.9 Å². The van der Waals surface area contributed by atoms with Crippen molar-refractivity contribution in [3.05, 3.63) is 200 Å². The fraction of sp³-hybridized carbons (Fsp3) is 0.329. The molecule has 0 fully saturated rings. The molecule has 0 saturated carbocycles. The molecule has 110 heavy (non-hydrogen) atoms. The summed E-state index contributed by atoms with van der Waals surface area (Å²) in [5.74, 6) is -1.40. The van der Waals surface area contributed by atoms with Crippen molar-refractivity contribution in [3.63, 3.8) is 0 Å². The molecule has 28 heteroatoms. The van der Waals surface area contributed by atoms with Crippen molar-refractivity contribution in [2.24, 2.45) is 0 Å². The summed E-state index contributed by atoms with van der Waals surface area (Å²) in [6.07, 6.45) is 0. The van der Waals surface area contributed by atoms with E-state index in [1.807, 2.05) is 147 Å². The minimum Gasteiger partial charge on any atom is -0.480 e. The van der Waals surface area contributed by atoms with Crippen LogP contribution in [0.3, 0.4) is 0 Å². The van der Waals surface area contributed by atoms with Gasteiger partial charge in [-0.15, -0.1) is 0 Å². The van der Waals surface area contributed by atoms with E-state index >= 15 is 0 Å². The Morgan fingerprint density at radius 2 is 0.855 bits per heavy atom. The number of carbonyl (C=O) groups excluding carboxylic acids is 2. The van der Waals surface area contributed by atoms with Gasteiger partial charge in [-0.1, -0.05) is 194 Å². The van der Waals surface area contributed by atoms with Crippen molar-refractivity contribution < 1.29 is 38.9 Å². The fourth-order valence-electron chi connectivity index (χ4n) is 12.7. The number of nitrogens with one attached hydrogen (secondary N) is 2. The predicted octanol–water partition coefficient (Wildman–Crippen LogP) is 22.2. The Kier molecular flexibility index (Phi) is 32.0. The molecule has 3 aromatic heterocycles. The van der Waals surface area contributed by atoms with Gasteiger partial charge in [0.05, 0.1) is 111 Å². The lowest BCUT2D eigenvalue weighted by Gasteiger charge is -2.23. The maximum absolute atomic E-state index is 13.4. The van der Waals surface area contributed by atoms with Gasteiger partial charge in [-0.3, -0.25) is 28.8 Å². The van der Waals surface area contributed by atoms with E-state index in [0.29, 0.717) is 115 Å². The maximum Gasteiger partial charge on any atom is 0.337 e. The molecule has 0 aliphatic rings. The third kappa shape index (κ3) is 20.4. The number of aromatic nitrogens is 3. The maximum atomic E-state index is 13.4. The number of alkyl halides is 1. The Hall–Kier alpha value is -7.14. The number of hydrogen-bond acceptors (Lipinski definition) is 14. The number of ether oxygens (including phenoxy) is 2. The smallest absolute Gasteiger partial charge is 0.337 e. The summed E-state index contributed by atoms with van der Waals surface area (Å²) < 4.78 is 17.2. The normalized spacial score (nSPS) is 11.2. The van der Waals surface area contributed by atoms with Crippen LogP contribution in [0.25, 0.3) is 65.4 Å². The SMILES string of the molecule is CC(C)c1cc(Nc2cccc(Cl)c2N(C)C)c(C(=O)O)cc1Br.CC(C)c1cc2[nH]c3c(N(C)C)c(Cl)ccc3c(=O)c2cc1Br.CC(C)c1cc2c(cc1Br)c(=O)c1ccc(Cl)c(N(C)C)c1n2CC(=O)O.CCOC(=O)CI.CCOC(=O)Cn1c2cc(C(C)C)c(Br)cc2c(=O)c2ccc(Cl)c(N(C)C)c21. The van der Waals surface area contributed by atoms with E-state index in [1.165, 1.54) is 5.56 Å². The number of carboxylic acids is 2. The van der Waals surface area contributed by atoms with Crippen LogP contribution in [-0.2, 0) is 36.9 Å². The predicted molar refractivity (Wildman–Crippen MR) is 481 cm³/mol. The minimum absolute atomic E-state index is 0.0124. The number of aromatic amines is 1. The number of halogens is 9. The Morgan fingerprint density at radius 3 is 1.26 bits per heavy atom. The second-order valence-corrected chi connectivity index (χ2v) is 33.5. The minimum atomic E-state index is -0.986. The lowest BCUT2D eigenvalue weighted by atomic mass is 9.99. The summed E-state index contributed by atoms with van der Waals surface area (Å²) in [6, 6.07) is 30.8. The molecule has 11 aromatic rings. The first-order chi connectivity index (χ1) is 51.6. The molecule has 0 aliphatic carbocycles. The third-order valence-electron chi connectivity index (χ3n) is 17.7. The number of carboxylic acid groups (broad SMARTS) is 2. The van der Waals surface area contributed by atoms with Crippen molar-refractivity contribution in [3.8, 4) is 0 Å². The molecule has 0 unspecified atom stereocenters. The molecule has 0 radical (unpaired) electrons. The standard InChI is InChI=1S/C22H24BrClN2O3.C20H20BrClN2O3.C18H20BrClN2O2.C18H18BrClN2O.C4H7IO2/c1-6-29-19(27)11-26-18-10-14(12(2)3)16(23)9-15(18)22(28)13-7-8-17(24)21(20(13)26)25(4)5;1-10(2)12-8-16-13(7-14(12)21)20(27)11-5-6-15(22)19(23(3)4)18(11)24(16)9-17(25)26;1-10(2)11-9-16(12(18(23)24)8-13(11)19)21-15-7-5-6-14(20)17(15)22(3)4;1-9(2)11-8-15-12(7-13(11)19)18(23)10-5-6-14(20)17(22(3)4)16(10)21-15;1-2-7-4(6)3-5/h7-10,12H,6,11H2,1-5H3;5-8,10H,9H2,1-4H3,(H,25,26);5-10,21H,1-4H3,(H,23,24);5-9H,1-4H3,(H,21,23);2-3H2,1H3. The molecule has 4 N–H and O–H groups in total. The monoisotopic (exact) mass is 1940 g/mol. The summed E-state index contributed by atoms with van der Waals surface area (Å²) in [4.78, 5) is 96.3. The molecule has 0 spiro atoms. The van der Waals surface area contributed by atoms with Gasteiger partial charge in [-0.25, -0.2) is 4.79 Å². The Bertz CT molecular complexity index is 5550. The molecule has 586 valence electrons. The first-order valence-corrected chi connectivity index (χ1v) is 41.2. The Labute approximate surface area is 707 Å². The number of aliphatic carboxylic acids is 1. The van der Waals surface area contributed by atoms with E-state index in [-0.39, 0.29) is 64.6 Å². The molecule has 0 bridgehead atoms. The second kappa shape index (κ2) is 39.1. The Morgan fingerprint density at radius 1 is 0.473 bits per heavy atom. The molecular formula is C82H89Br4Cl4IN8O11. The quantitative estimate of drug-likeness (QED) is 0.0271. The number of para-hydroxylation sites is 1. The summed E-state index contributed by atoms with van der Waals surface area (Å²) in [5, 5.41) is 27.8. The van der Waals surface area contributed by atoms with E-state index in [9.17, 15) is 43.8 Å². The van der Waals surface area contributed by atoms with Crippen LogP contribution in [0.5, 0.6) is 0 Å². The van der Waals surface area contributed by atoms with Gasteiger partial charge in [0, 0.05) is 107 Å². The zero-order valence-corrected chi connectivity index (χ0v) is 75.8. The number of anilines is 6. The van der Waals surface area contributed by atoms with E-state index in [2.05, 4.69) is 134 Å². The number of nitrogens with zero attached hydrogens (tertiary/aromatic N) is 6. The number of rotatable bonds is 18. The van der Waals surface area contributed by atoms with Gasteiger partial charge in [0.1, 0.15) is 13.1 Å². The average Bonchev–Trinajstić information content (AvgIpc) is 0.740. The molecule has 0 atom stereocenters. The zero-order chi connectivity index (χ0) is 82.1. The van der Waals surface area contributed by atoms with Gasteiger partial charge in [0.25, 0.3) is 0 Å². The fourth-order valence-corrected chi connectivity index (χ4v) is 17.4. The highest BCUT2D eigenvalue weighted by Gasteiger charge is 2.25. The largest absolute Gasteiger partial charge is 0.480 e. The molecule has 0 amide bonds. The van der Waals surface area contributed by atoms with Crippen molar-refractivity contribution in [2.45, 2.75) is 106 Å². The second-order valence-electron chi connectivity index (χ2n) is 27.7. The number of fused-ring (bicyclic) bond motifs is 6. The van der Waals surface area contributed by atoms with Gasteiger partial charge in [-0.2, -0.15) is 0 Å². The first-order valence-electron chi connectivity index (χ1n) is 35.0. The first kappa shape index (κ1) is 90.1. The van der Waals surface area contributed by atoms with Crippen molar-refractivity contribution >= 4 is 256 Å². The van der Waals surface area contributed by atoms with Crippen molar-refractivity contribution in [1.29, 1.82) is 0 Å². The molecule has 0 saturated heterocycles. The zero-order valence-electron chi connectivity index (χ0n) is 64.3. The van der Waals surface area contributed by atoms with Crippen LogP contribution >= 0.6 is 133 Å². The average molecular weight is 1950 g/mol. The molecular weight excluding hydrogens is 1860 g/mol. The number of carbonyl (C=O) groups is 4. The van der Waals surface area contributed by atoms with Crippen LogP contribution in [0.4, 0.5) is 34.1 Å². The van der Waals surface area contributed by atoms with Crippen LogP contribution < -0.4 is 41.2 Å². The van der Waals surface area contributed by atoms with E-state index in [1.54, 1.807) is 77.9 Å².